The van der Waals surface area contributed by atoms with Gasteiger partial charge in [-0.1, -0.05) is 0 Å². The molecule has 2 aromatic rings. The Bertz CT molecular complexity index is 606. The molecule has 2 aromatic heterocycles. The van der Waals surface area contributed by atoms with Gasteiger partial charge in [0.25, 0.3) is 0 Å². The highest BCUT2D eigenvalue weighted by Gasteiger charge is 2.16. The Kier molecular flexibility index (Phi) is 3.45. The van der Waals surface area contributed by atoms with Gasteiger partial charge >= 0.3 is 0 Å². The summed E-state index contributed by atoms with van der Waals surface area (Å²) in [6, 6.07) is 1.94. The second-order valence-electron chi connectivity index (χ2n) is 5.06. The number of nitrogens with two attached hydrogens (primary N) is 1. The van der Waals surface area contributed by atoms with Crippen molar-refractivity contribution in [1.82, 2.24) is 19.9 Å². The number of hydrogen-bond acceptors (Lipinski definition) is 6. The van der Waals surface area contributed by atoms with E-state index in [4.69, 9.17) is 5.73 Å². The van der Waals surface area contributed by atoms with E-state index in [-0.39, 0.29) is 5.95 Å². The maximum atomic E-state index is 5.84. The molecule has 104 valence electrons. The van der Waals surface area contributed by atoms with Gasteiger partial charge in [-0.3, -0.25) is 4.98 Å². The summed E-state index contributed by atoms with van der Waals surface area (Å²) in [6.07, 6.45) is 7.14. The van der Waals surface area contributed by atoms with E-state index in [0.717, 1.165) is 24.2 Å². The van der Waals surface area contributed by atoms with Crippen LogP contribution >= 0.6 is 0 Å². The van der Waals surface area contributed by atoms with Crippen molar-refractivity contribution in [2.45, 2.75) is 26.2 Å². The molecule has 20 heavy (non-hydrogen) atoms. The number of anilines is 2. The summed E-state index contributed by atoms with van der Waals surface area (Å²) in [5.41, 5.74) is 7.83. The minimum Gasteiger partial charge on any atom is -0.368 e. The van der Waals surface area contributed by atoms with Gasteiger partial charge in [0.05, 0.1) is 0 Å². The lowest BCUT2D eigenvalue weighted by atomic mass is 10.1. The van der Waals surface area contributed by atoms with Crippen LogP contribution in [0.3, 0.4) is 0 Å². The zero-order valence-electron chi connectivity index (χ0n) is 11.6. The van der Waals surface area contributed by atoms with E-state index in [1.54, 1.807) is 12.4 Å². The predicted octanol–water partition coefficient (Wildman–Crippen LogP) is 1.81. The van der Waals surface area contributed by atoms with Crippen LogP contribution in [-0.4, -0.2) is 33.0 Å². The molecule has 6 heteroatoms. The van der Waals surface area contributed by atoms with Gasteiger partial charge in [-0.15, -0.1) is 0 Å². The molecule has 0 radical (unpaired) electrons. The first-order chi connectivity index (χ1) is 9.74. The quantitative estimate of drug-likeness (QED) is 0.896. The lowest BCUT2D eigenvalue weighted by Gasteiger charge is -2.26. The monoisotopic (exact) mass is 270 g/mol. The molecule has 1 fully saturated rings. The van der Waals surface area contributed by atoms with Crippen LogP contribution in [0.4, 0.5) is 11.9 Å². The fourth-order valence-corrected chi connectivity index (χ4v) is 2.43. The van der Waals surface area contributed by atoms with E-state index in [2.05, 4.69) is 24.8 Å². The minimum absolute atomic E-state index is 0.263. The third-order valence-corrected chi connectivity index (χ3v) is 3.56. The average Bonchev–Trinajstić information content (AvgIpc) is 2.48. The summed E-state index contributed by atoms with van der Waals surface area (Å²) < 4.78 is 0. The highest BCUT2D eigenvalue weighted by atomic mass is 15.3. The molecule has 1 aliphatic heterocycles. The summed E-state index contributed by atoms with van der Waals surface area (Å²) >= 11 is 0. The number of hydrogen-bond donors (Lipinski definition) is 1. The topological polar surface area (TPSA) is 80.8 Å². The largest absolute Gasteiger partial charge is 0.368 e. The molecule has 6 nitrogen and oxygen atoms in total. The Morgan fingerprint density at radius 2 is 1.90 bits per heavy atom. The number of piperidine rings is 1. The third-order valence-electron chi connectivity index (χ3n) is 3.56. The van der Waals surface area contributed by atoms with Gasteiger partial charge in [-0.25, -0.2) is 0 Å². The summed E-state index contributed by atoms with van der Waals surface area (Å²) in [7, 11) is 0. The van der Waals surface area contributed by atoms with Crippen LogP contribution in [0.25, 0.3) is 11.4 Å². The zero-order chi connectivity index (χ0) is 13.9. The van der Waals surface area contributed by atoms with Gasteiger partial charge in [-0.05, 0) is 37.8 Å². The van der Waals surface area contributed by atoms with Gasteiger partial charge in [0.1, 0.15) is 0 Å². The molecule has 0 unspecified atom stereocenters. The number of aromatic nitrogens is 4. The Morgan fingerprint density at radius 1 is 1.10 bits per heavy atom. The molecule has 0 amide bonds. The smallest absolute Gasteiger partial charge is 0.230 e. The molecule has 0 aliphatic carbocycles. The maximum absolute atomic E-state index is 5.84. The fourth-order valence-electron chi connectivity index (χ4n) is 2.43. The van der Waals surface area contributed by atoms with Crippen molar-refractivity contribution in [3.63, 3.8) is 0 Å². The number of nitrogens with zero attached hydrogens (tertiary/aromatic N) is 5. The lowest BCUT2D eigenvalue weighted by molar-refractivity contribution is 0.568. The molecule has 0 bridgehead atoms. The van der Waals surface area contributed by atoms with Crippen molar-refractivity contribution in [2.24, 2.45) is 0 Å². The molecule has 3 rings (SSSR count). The summed E-state index contributed by atoms with van der Waals surface area (Å²) in [5, 5.41) is 0. The van der Waals surface area contributed by atoms with Crippen molar-refractivity contribution in [2.75, 3.05) is 23.7 Å². The van der Waals surface area contributed by atoms with Crippen LogP contribution in [0.5, 0.6) is 0 Å². The van der Waals surface area contributed by atoms with Crippen molar-refractivity contribution in [3.8, 4) is 11.4 Å². The van der Waals surface area contributed by atoms with Crippen LogP contribution in [0.15, 0.2) is 18.5 Å². The SMILES string of the molecule is Cc1ccncc1-c1nc(N)nc(N2CCCCC2)n1. The van der Waals surface area contributed by atoms with Crippen LogP contribution in [0.1, 0.15) is 24.8 Å². The van der Waals surface area contributed by atoms with Crippen molar-refractivity contribution in [1.29, 1.82) is 0 Å². The lowest BCUT2D eigenvalue weighted by Crippen LogP contribution is -2.31. The van der Waals surface area contributed by atoms with E-state index in [1.165, 1.54) is 19.3 Å². The van der Waals surface area contributed by atoms with Gasteiger partial charge in [0, 0.05) is 31.0 Å². The van der Waals surface area contributed by atoms with Crippen LogP contribution in [0, 0.1) is 6.92 Å². The molecule has 0 atom stereocenters. The summed E-state index contributed by atoms with van der Waals surface area (Å²) in [5.74, 6) is 1.54. The van der Waals surface area contributed by atoms with Gasteiger partial charge < -0.3 is 10.6 Å². The molecule has 0 aromatic carbocycles. The van der Waals surface area contributed by atoms with E-state index in [0.29, 0.717) is 11.8 Å². The van der Waals surface area contributed by atoms with Gasteiger partial charge in [0.2, 0.25) is 11.9 Å². The molecular weight excluding hydrogens is 252 g/mol. The number of nitrogen functional groups attached to an aromatic ring is 1. The van der Waals surface area contributed by atoms with E-state index in [9.17, 15) is 0 Å². The third kappa shape index (κ3) is 2.54. The summed E-state index contributed by atoms with van der Waals surface area (Å²) in [4.78, 5) is 19.4. The number of rotatable bonds is 2. The van der Waals surface area contributed by atoms with Gasteiger partial charge in [0.15, 0.2) is 5.82 Å². The molecule has 0 saturated carbocycles. The first-order valence-corrected chi connectivity index (χ1v) is 6.91. The van der Waals surface area contributed by atoms with Crippen LogP contribution < -0.4 is 10.6 Å². The molecule has 3 heterocycles. The minimum atomic E-state index is 0.263. The number of pyridine rings is 1. The fraction of sp³-hybridized carbons (Fsp3) is 0.429. The Labute approximate surface area is 118 Å². The highest BCUT2D eigenvalue weighted by Crippen LogP contribution is 2.22. The molecule has 1 saturated heterocycles. The second-order valence-corrected chi connectivity index (χ2v) is 5.06. The Hall–Kier alpha value is -2.24. The highest BCUT2D eigenvalue weighted by molar-refractivity contribution is 5.60. The van der Waals surface area contributed by atoms with Crippen LogP contribution in [0.2, 0.25) is 0 Å². The van der Waals surface area contributed by atoms with E-state index in [1.807, 2.05) is 13.0 Å². The van der Waals surface area contributed by atoms with E-state index < -0.39 is 0 Å². The molecule has 0 spiro atoms. The standard InChI is InChI=1S/C14H18N6/c1-10-5-6-16-9-11(10)12-17-13(15)19-14(18-12)20-7-3-2-4-8-20/h5-6,9H,2-4,7-8H2,1H3,(H2,15,17,18,19). The van der Waals surface area contributed by atoms with E-state index >= 15 is 0 Å². The Balaban J connectivity index is 2.00. The average molecular weight is 270 g/mol. The second kappa shape index (κ2) is 5.40. The maximum Gasteiger partial charge on any atom is 0.230 e. The normalized spacial score (nSPS) is 15.3. The first-order valence-electron chi connectivity index (χ1n) is 6.91. The predicted molar refractivity (Wildman–Crippen MR) is 78.3 cm³/mol. The van der Waals surface area contributed by atoms with Crippen molar-refractivity contribution >= 4 is 11.9 Å². The Morgan fingerprint density at radius 3 is 2.65 bits per heavy atom. The zero-order valence-corrected chi connectivity index (χ0v) is 11.6. The number of aryl methyl sites for hydroxylation is 1. The van der Waals surface area contributed by atoms with Gasteiger partial charge in [-0.2, -0.15) is 15.0 Å². The summed E-state index contributed by atoms with van der Waals surface area (Å²) in [6.45, 7) is 3.97. The molecule has 1 aliphatic rings. The molecule has 2 N–H and O–H groups in total. The molecular formula is C14H18N6. The van der Waals surface area contributed by atoms with Crippen molar-refractivity contribution in [3.05, 3.63) is 24.0 Å². The first kappa shape index (κ1) is 12.8. The van der Waals surface area contributed by atoms with Crippen LogP contribution in [-0.2, 0) is 0 Å². The van der Waals surface area contributed by atoms with Crippen molar-refractivity contribution < 1.29 is 0 Å².